The van der Waals surface area contributed by atoms with E-state index in [4.69, 9.17) is 0 Å². The molecule has 1 fully saturated rings. The molecule has 1 aromatic heterocycles. The van der Waals surface area contributed by atoms with Gasteiger partial charge in [-0.05, 0) is 55.9 Å². The van der Waals surface area contributed by atoms with Gasteiger partial charge < -0.3 is 14.6 Å². The van der Waals surface area contributed by atoms with E-state index in [9.17, 15) is 19.1 Å². The number of halogens is 1. The summed E-state index contributed by atoms with van der Waals surface area (Å²) in [6.07, 6.45) is 3.37. The number of ketones is 1. The summed E-state index contributed by atoms with van der Waals surface area (Å²) in [5.74, 6) is -0.203. The van der Waals surface area contributed by atoms with Crippen LogP contribution in [0, 0.1) is 12.7 Å². The fraction of sp³-hybridized carbons (Fsp3) is 0.478. The highest BCUT2D eigenvalue weighted by Crippen LogP contribution is 2.31. The van der Waals surface area contributed by atoms with Crippen molar-refractivity contribution in [3.63, 3.8) is 0 Å². The van der Waals surface area contributed by atoms with E-state index in [0.29, 0.717) is 31.6 Å². The molecule has 1 saturated heterocycles. The predicted molar refractivity (Wildman–Crippen MR) is 107 cm³/mol. The number of benzene rings is 1. The quantitative estimate of drug-likeness (QED) is 0.861. The molecule has 1 atom stereocenters. The number of carbonyl (C=O) groups is 2. The van der Waals surface area contributed by atoms with E-state index < -0.39 is 6.10 Å². The summed E-state index contributed by atoms with van der Waals surface area (Å²) in [7, 11) is 0. The van der Waals surface area contributed by atoms with Crippen molar-refractivity contribution in [3.05, 3.63) is 58.2 Å². The third-order valence-electron chi connectivity index (χ3n) is 6.19. The van der Waals surface area contributed by atoms with Gasteiger partial charge in [0.2, 0.25) is 5.91 Å². The van der Waals surface area contributed by atoms with E-state index in [1.54, 1.807) is 17.0 Å². The number of piperidine rings is 1. The Morgan fingerprint density at radius 1 is 1.21 bits per heavy atom. The lowest BCUT2D eigenvalue weighted by atomic mass is 9.91. The van der Waals surface area contributed by atoms with Crippen LogP contribution in [0.2, 0.25) is 0 Å². The highest BCUT2D eigenvalue weighted by atomic mass is 19.1. The molecule has 6 heteroatoms. The van der Waals surface area contributed by atoms with Crippen LogP contribution in [0.3, 0.4) is 0 Å². The number of aliphatic hydroxyl groups excluding tert-OH is 1. The van der Waals surface area contributed by atoms with Crippen LogP contribution in [0.1, 0.15) is 58.6 Å². The molecule has 0 saturated carbocycles. The molecule has 1 amide bonds. The highest BCUT2D eigenvalue weighted by molar-refractivity contribution is 6.01. The largest absolute Gasteiger partial charge is 0.391 e. The van der Waals surface area contributed by atoms with Gasteiger partial charge in [-0.15, -0.1) is 0 Å². The Hall–Kier alpha value is -2.47. The Morgan fingerprint density at radius 3 is 2.69 bits per heavy atom. The number of Topliss-reactive ketones (excluding diaryl/α,β-unsaturated/α-hetero) is 1. The summed E-state index contributed by atoms with van der Waals surface area (Å²) in [6.45, 7) is 3.53. The minimum atomic E-state index is -0.465. The number of fused-ring (bicyclic) bond motifs is 1. The van der Waals surface area contributed by atoms with Crippen molar-refractivity contribution < 1.29 is 19.1 Å². The first-order valence-corrected chi connectivity index (χ1v) is 10.4. The number of likely N-dealkylation sites (tertiary alicyclic amines) is 1. The molecule has 0 radical (unpaired) electrons. The second kappa shape index (κ2) is 8.11. The number of hydrogen-bond donors (Lipinski definition) is 1. The molecule has 0 bridgehead atoms. The molecule has 1 aromatic carbocycles. The molecule has 29 heavy (non-hydrogen) atoms. The molecule has 4 rings (SSSR count). The molecular weight excluding hydrogens is 371 g/mol. The zero-order valence-corrected chi connectivity index (χ0v) is 16.8. The number of rotatable bonds is 4. The Kier molecular flexibility index (Phi) is 5.54. The maximum absolute atomic E-state index is 13.3. The van der Waals surface area contributed by atoms with Crippen molar-refractivity contribution in [2.75, 3.05) is 13.1 Å². The number of amides is 1. The number of carbonyl (C=O) groups excluding carboxylic acids is 2. The zero-order valence-electron chi connectivity index (χ0n) is 16.8. The number of β-amino-alcohol motifs (C(OH)–C–C–N with tert-alkyl or cyclic N) is 1. The molecule has 0 spiro atoms. The van der Waals surface area contributed by atoms with Gasteiger partial charge in [0.05, 0.1) is 12.5 Å². The Morgan fingerprint density at radius 2 is 1.97 bits per heavy atom. The molecule has 2 aliphatic rings. The highest BCUT2D eigenvalue weighted by Gasteiger charge is 2.31. The topological polar surface area (TPSA) is 62.5 Å². The normalized spacial score (nSPS) is 19.3. The Balaban J connectivity index is 1.66. The summed E-state index contributed by atoms with van der Waals surface area (Å²) >= 11 is 0. The van der Waals surface area contributed by atoms with Crippen LogP contribution in [0.4, 0.5) is 4.39 Å². The molecule has 1 aliphatic heterocycles. The maximum atomic E-state index is 13.3. The molecule has 1 aliphatic carbocycles. The van der Waals surface area contributed by atoms with E-state index in [2.05, 4.69) is 4.57 Å². The Labute approximate surface area is 170 Å². The van der Waals surface area contributed by atoms with Crippen LogP contribution in [0.25, 0.3) is 0 Å². The van der Waals surface area contributed by atoms with Gasteiger partial charge in [-0.25, -0.2) is 4.39 Å². The number of aromatic nitrogens is 1. The van der Waals surface area contributed by atoms with Gasteiger partial charge in [-0.1, -0.05) is 12.1 Å². The van der Waals surface area contributed by atoms with E-state index in [1.807, 2.05) is 6.92 Å². The number of hydrogen-bond acceptors (Lipinski definition) is 3. The minimum Gasteiger partial charge on any atom is -0.391 e. The van der Waals surface area contributed by atoms with Gasteiger partial charge in [0, 0.05) is 43.0 Å². The third kappa shape index (κ3) is 3.99. The first kappa shape index (κ1) is 19.8. The average Bonchev–Trinajstić information content (AvgIpc) is 2.96. The summed E-state index contributed by atoms with van der Waals surface area (Å²) in [4.78, 5) is 27.4. The van der Waals surface area contributed by atoms with Gasteiger partial charge in [0.1, 0.15) is 5.82 Å². The van der Waals surface area contributed by atoms with Gasteiger partial charge in [0.15, 0.2) is 5.78 Å². The first-order valence-electron chi connectivity index (χ1n) is 10.4. The summed E-state index contributed by atoms with van der Waals surface area (Å²) in [5, 5.41) is 9.89. The van der Waals surface area contributed by atoms with Gasteiger partial charge in [-0.3, -0.25) is 9.59 Å². The molecule has 2 aromatic rings. The van der Waals surface area contributed by atoms with Crippen molar-refractivity contribution in [2.45, 2.75) is 58.1 Å². The monoisotopic (exact) mass is 398 g/mol. The first-order chi connectivity index (χ1) is 13.9. The van der Waals surface area contributed by atoms with Gasteiger partial charge >= 0.3 is 0 Å². The lowest BCUT2D eigenvalue weighted by Crippen LogP contribution is -2.43. The fourth-order valence-corrected chi connectivity index (χ4v) is 4.63. The lowest BCUT2D eigenvalue weighted by molar-refractivity contribution is -0.133. The molecular formula is C23H27FN2O3. The third-order valence-corrected chi connectivity index (χ3v) is 6.19. The summed E-state index contributed by atoms with van der Waals surface area (Å²) in [5.41, 5.74) is 4.41. The maximum Gasteiger partial charge on any atom is 0.227 e. The SMILES string of the molecule is Cc1c(CC(=O)N2CCC[C@H](O)C2)c2c(n1Cc1ccc(F)cc1)CCCC2=O. The van der Waals surface area contributed by atoms with Crippen LogP contribution in [0.5, 0.6) is 0 Å². The van der Waals surface area contributed by atoms with E-state index in [-0.39, 0.29) is 23.9 Å². The van der Waals surface area contributed by atoms with Crippen molar-refractivity contribution in [1.29, 1.82) is 0 Å². The zero-order chi connectivity index (χ0) is 20.5. The minimum absolute atomic E-state index is 0.0352. The lowest BCUT2D eigenvalue weighted by Gasteiger charge is -2.30. The molecule has 5 nitrogen and oxygen atoms in total. The molecule has 154 valence electrons. The van der Waals surface area contributed by atoms with Crippen LogP contribution in [-0.4, -0.2) is 45.5 Å². The molecule has 2 heterocycles. The second-order valence-electron chi connectivity index (χ2n) is 8.19. The van der Waals surface area contributed by atoms with Crippen molar-refractivity contribution in [2.24, 2.45) is 0 Å². The second-order valence-corrected chi connectivity index (χ2v) is 8.19. The van der Waals surface area contributed by atoms with Crippen molar-refractivity contribution in [3.8, 4) is 0 Å². The van der Waals surface area contributed by atoms with Crippen LogP contribution >= 0.6 is 0 Å². The summed E-state index contributed by atoms with van der Waals surface area (Å²) in [6, 6.07) is 6.40. The van der Waals surface area contributed by atoms with Crippen molar-refractivity contribution in [1.82, 2.24) is 9.47 Å². The van der Waals surface area contributed by atoms with E-state index in [0.717, 1.165) is 48.2 Å². The average molecular weight is 398 g/mol. The Bertz CT molecular complexity index is 933. The van der Waals surface area contributed by atoms with E-state index >= 15 is 0 Å². The van der Waals surface area contributed by atoms with Gasteiger partial charge in [0.25, 0.3) is 0 Å². The fourth-order valence-electron chi connectivity index (χ4n) is 4.63. The molecule has 0 unspecified atom stereocenters. The standard InChI is InChI=1S/C23H27FN2O3/c1-15-19(12-22(29)25-11-3-4-18(27)14-25)23-20(5-2-6-21(23)28)26(15)13-16-7-9-17(24)10-8-16/h7-10,18,27H,2-6,11-14H2,1H3/t18-/m0/s1. The molecule has 1 N–H and O–H groups in total. The smallest absolute Gasteiger partial charge is 0.227 e. The van der Waals surface area contributed by atoms with Gasteiger partial charge in [-0.2, -0.15) is 0 Å². The van der Waals surface area contributed by atoms with Crippen LogP contribution in [0.15, 0.2) is 24.3 Å². The van der Waals surface area contributed by atoms with Crippen molar-refractivity contribution >= 4 is 11.7 Å². The summed E-state index contributed by atoms with van der Waals surface area (Å²) < 4.78 is 15.4. The number of nitrogens with zero attached hydrogens (tertiary/aromatic N) is 2. The van der Waals surface area contributed by atoms with Crippen LogP contribution in [-0.2, 0) is 24.2 Å². The van der Waals surface area contributed by atoms with Crippen LogP contribution < -0.4 is 0 Å². The number of aliphatic hydroxyl groups is 1. The van der Waals surface area contributed by atoms with E-state index in [1.165, 1.54) is 12.1 Å². The predicted octanol–water partition coefficient (Wildman–Crippen LogP) is 3.03.